The molecule has 0 aliphatic rings. The van der Waals surface area contributed by atoms with Gasteiger partial charge in [0.1, 0.15) is 0 Å². The number of aromatic amines is 2. The number of hydrogen-bond acceptors (Lipinski definition) is 5. The summed E-state index contributed by atoms with van der Waals surface area (Å²) in [6.45, 7) is 3.55. The van der Waals surface area contributed by atoms with Gasteiger partial charge in [-0.1, -0.05) is 13.3 Å². The number of aliphatic hydroxyl groups excluding tert-OH is 1. The van der Waals surface area contributed by atoms with Gasteiger partial charge in [-0.05, 0) is 30.9 Å². The standard InChI is InChI=1S/C9H16N4OS2/c1-2-3-4-13(5-6-14)7-10-8(15)12-9(16)11-7/h14H,2-6H2,1H3,(H2,10,11,12,15,16). The van der Waals surface area contributed by atoms with Crippen LogP contribution in [-0.4, -0.2) is 39.8 Å². The molecule has 3 N–H and O–H groups in total. The molecule has 1 rings (SSSR count). The summed E-state index contributed by atoms with van der Waals surface area (Å²) in [6, 6.07) is 0. The molecule has 0 amide bonds. The van der Waals surface area contributed by atoms with Gasteiger partial charge in [-0.2, -0.15) is 4.98 Å². The number of nitrogens with one attached hydrogen (secondary N) is 2. The normalized spacial score (nSPS) is 10.4. The lowest BCUT2D eigenvalue weighted by Crippen LogP contribution is -2.29. The van der Waals surface area contributed by atoms with Crippen molar-refractivity contribution >= 4 is 30.4 Å². The SMILES string of the molecule is CCCCN(CCO)c1nc(=S)[nH]c(=S)[nH]1. The van der Waals surface area contributed by atoms with Gasteiger partial charge in [-0.3, -0.25) is 0 Å². The zero-order chi connectivity index (χ0) is 12.0. The van der Waals surface area contributed by atoms with Crippen LogP contribution in [0.5, 0.6) is 0 Å². The molecule has 0 atom stereocenters. The molecular weight excluding hydrogens is 244 g/mol. The molecule has 0 saturated heterocycles. The second kappa shape index (κ2) is 6.72. The lowest BCUT2D eigenvalue weighted by molar-refractivity contribution is 0.301. The van der Waals surface area contributed by atoms with Crippen molar-refractivity contribution in [2.75, 3.05) is 24.6 Å². The second-order valence-corrected chi connectivity index (χ2v) is 4.18. The molecule has 16 heavy (non-hydrogen) atoms. The number of H-pyrrole nitrogens is 2. The van der Waals surface area contributed by atoms with E-state index < -0.39 is 0 Å². The molecule has 7 heteroatoms. The minimum atomic E-state index is 0.0807. The molecule has 0 aliphatic carbocycles. The monoisotopic (exact) mass is 260 g/mol. The average Bonchev–Trinajstić information content (AvgIpc) is 2.22. The highest BCUT2D eigenvalue weighted by Gasteiger charge is 2.07. The Hall–Kier alpha value is -0.790. The lowest BCUT2D eigenvalue weighted by Gasteiger charge is -2.21. The number of rotatable bonds is 6. The van der Waals surface area contributed by atoms with Crippen LogP contribution >= 0.6 is 24.4 Å². The predicted molar refractivity (Wildman–Crippen MR) is 68.8 cm³/mol. The van der Waals surface area contributed by atoms with E-state index in [1.807, 2.05) is 4.90 Å². The van der Waals surface area contributed by atoms with Gasteiger partial charge in [0.25, 0.3) is 0 Å². The van der Waals surface area contributed by atoms with Crippen LogP contribution in [0.4, 0.5) is 5.95 Å². The van der Waals surface area contributed by atoms with Gasteiger partial charge in [-0.25, -0.2) is 0 Å². The maximum absolute atomic E-state index is 8.99. The topological polar surface area (TPSA) is 67.9 Å². The molecular formula is C9H16N4OS2. The summed E-state index contributed by atoms with van der Waals surface area (Å²) in [7, 11) is 0. The summed E-state index contributed by atoms with van der Waals surface area (Å²) >= 11 is 9.96. The highest BCUT2D eigenvalue weighted by molar-refractivity contribution is 7.71. The Kier molecular flexibility index (Phi) is 5.58. The third-order valence-corrected chi connectivity index (χ3v) is 2.50. The van der Waals surface area contributed by atoms with Crippen molar-refractivity contribution in [3.8, 4) is 0 Å². The summed E-state index contributed by atoms with van der Waals surface area (Å²) in [6.07, 6.45) is 2.12. The summed E-state index contributed by atoms with van der Waals surface area (Å²) < 4.78 is 0.813. The minimum absolute atomic E-state index is 0.0807. The number of nitrogens with zero attached hydrogens (tertiary/aromatic N) is 2. The van der Waals surface area contributed by atoms with Crippen LogP contribution in [0.15, 0.2) is 0 Å². The van der Waals surface area contributed by atoms with Crippen LogP contribution in [0.1, 0.15) is 19.8 Å². The van der Waals surface area contributed by atoms with Gasteiger partial charge < -0.3 is 20.0 Å². The van der Waals surface area contributed by atoms with Crippen molar-refractivity contribution in [3.63, 3.8) is 0 Å². The number of aliphatic hydroxyl groups is 1. The Morgan fingerprint density at radius 3 is 2.62 bits per heavy atom. The molecule has 0 saturated carbocycles. The maximum atomic E-state index is 8.99. The first kappa shape index (κ1) is 13.3. The van der Waals surface area contributed by atoms with E-state index in [2.05, 4.69) is 21.9 Å². The summed E-state index contributed by atoms with van der Waals surface area (Å²) in [5.74, 6) is 0.622. The number of unbranched alkanes of at least 4 members (excludes halogenated alkanes) is 1. The average molecular weight is 260 g/mol. The molecule has 1 aromatic rings. The third-order valence-electron chi connectivity index (χ3n) is 2.10. The fraction of sp³-hybridized carbons (Fsp3) is 0.667. The number of anilines is 1. The second-order valence-electron chi connectivity index (χ2n) is 3.38. The van der Waals surface area contributed by atoms with E-state index in [0.717, 1.165) is 19.4 Å². The van der Waals surface area contributed by atoms with Gasteiger partial charge in [0, 0.05) is 13.1 Å². The number of aromatic nitrogens is 3. The molecule has 0 unspecified atom stereocenters. The van der Waals surface area contributed by atoms with Crippen molar-refractivity contribution in [2.24, 2.45) is 0 Å². The van der Waals surface area contributed by atoms with Crippen molar-refractivity contribution in [1.82, 2.24) is 15.0 Å². The van der Waals surface area contributed by atoms with Crippen molar-refractivity contribution in [2.45, 2.75) is 19.8 Å². The molecule has 0 aromatic carbocycles. The first-order valence-electron chi connectivity index (χ1n) is 5.23. The minimum Gasteiger partial charge on any atom is -0.395 e. The molecule has 0 spiro atoms. The van der Waals surface area contributed by atoms with Crippen LogP contribution in [-0.2, 0) is 0 Å². The highest BCUT2D eigenvalue weighted by atomic mass is 32.1. The zero-order valence-corrected chi connectivity index (χ0v) is 10.8. The molecule has 0 aliphatic heterocycles. The predicted octanol–water partition coefficient (Wildman–Crippen LogP) is 1.80. The van der Waals surface area contributed by atoms with Crippen LogP contribution in [0.2, 0.25) is 0 Å². The van der Waals surface area contributed by atoms with E-state index in [1.54, 1.807) is 0 Å². The van der Waals surface area contributed by atoms with Gasteiger partial charge in [0.15, 0.2) is 4.77 Å². The van der Waals surface area contributed by atoms with E-state index in [9.17, 15) is 0 Å². The van der Waals surface area contributed by atoms with Crippen LogP contribution < -0.4 is 4.90 Å². The fourth-order valence-corrected chi connectivity index (χ4v) is 1.77. The number of hydrogen-bond donors (Lipinski definition) is 3. The maximum Gasteiger partial charge on any atom is 0.207 e. The van der Waals surface area contributed by atoms with E-state index in [4.69, 9.17) is 29.5 Å². The molecule has 0 bridgehead atoms. The van der Waals surface area contributed by atoms with Crippen LogP contribution in [0.3, 0.4) is 0 Å². The van der Waals surface area contributed by atoms with Crippen molar-refractivity contribution in [3.05, 3.63) is 9.54 Å². The first-order valence-corrected chi connectivity index (χ1v) is 6.05. The lowest BCUT2D eigenvalue weighted by atomic mass is 10.3. The quantitative estimate of drug-likeness (QED) is 0.681. The molecule has 1 aromatic heterocycles. The van der Waals surface area contributed by atoms with E-state index in [0.29, 0.717) is 22.0 Å². The van der Waals surface area contributed by atoms with Gasteiger partial charge in [0.05, 0.1) is 6.61 Å². The summed E-state index contributed by atoms with van der Waals surface area (Å²) in [5, 5.41) is 8.99. The molecule has 5 nitrogen and oxygen atoms in total. The molecule has 0 fully saturated rings. The Bertz CT molecular complexity index is 400. The first-order chi connectivity index (χ1) is 7.67. The highest BCUT2D eigenvalue weighted by Crippen LogP contribution is 2.06. The van der Waals surface area contributed by atoms with Crippen LogP contribution in [0, 0.1) is 9.54 Å². The van der Waals surface area contributed by atoms with E-state index >= 15 is 0 Å². The van der Waals surface area contributed by atoms with E-state index in [1.165, 1.54) is 0 Å². The van der Waals surface area contributed by atoms with Crippen LogP contribution in [0.25, 0.3) is 0 Å². The molecule has 1 heterocycles. The van der Waals surface area contributed by atoms with E-state index in [-0.39, 0.29) is 6.61 Å². The molecule has 90 valence electrons. The van der Waals surface area contributed by atoms with Gasteiger partial charge in [-0.15, -0.1) is 0 Å². The van der Waals surface area contributed by atoms with Gasteiger partial charge >= 0.3 is 0 Å². The molecule has 0 radical (unpaired) electrons. The Morgan fingerprint density at radius 2 is 2.06 bits per heavy atom. The van der Waals surface area contributed by atoms with Crippen molar-refractivity contribution in [1.29, 1.82) is 0 Å². The van der Waals surface area contributed by atoms with Crippen molar-refractivity contribution < 1.29 is 5.11 Å². The Labute approximate surface area is 105 Å². The summed E-state index contributed by atoms with van der Waals surface area (Å²) in [5.41, 5.74) is 0. The Balaban J connectivity index is 2.90. The third kappa shape index (κ3) is 3.99. The largest absolute Gasteiger partial charge is 0.395 e. The van der Waals surface area contributed by atoms with Gasteiger partial charge in [0.2, 0.25) is 10.7 Å². The smallest absolute Gasteiger partial charge is 0.207 e. The summed E-state index contributed by atoms with van der Waals surface area (Å²) in [4.78, 5) is 11.8. The Morgan fingerprint density at radius 1 is 1.31 bits per heavy atom. The fourth-order valence-electron chi connectivity index (χ4n) is 1.33. The zero-order valence-electron chi connectivity index (χ0n) is 9.19.